The molecule has 2 aromatic rings. The van der Waals surface area contributed by atoms with E-state index >= 15 is 0 Å². The molecule has 2 fully saturated rings. The van der Waals surface area contributed by atoms with Gasteiger partial charge in [-0.2, -0.15) is 5.10 Å². The molecule has 0 radical (unpaired) electrons. The number of rotatable bonds is 10. The molecule has 1 aromatic heterocycles. The Morgan fingerprint density at radius 3 is 2.42 bits per heavy atom. The Morgan fingerprint density at radius 1 is 0.970 bits per heavy atom. The molecule has 0 saturated carbocycles. The van der Waals surface area contributed by atoms with Gasteiger partial charge in [-0.15, -0.1) is 0 Å². The van der Waals surface area contributed by atoms with Crippen molar-refractivity contribution < 1.29 is 14.7 Å². The summed E-state index contributed by atoms with van der Waals surface area (Å²) in [5.41, 5.74) is 2.16. The first-order valence-electron chi connectivity index (χ1n) is 12.2. The lowest BCUT2D eigenvalue weighted by Gasteiger charge is -2.36. The van der Waals surface area contributed by atoms with E-state index in [4.69, 9.17) is 5.11 Å². The third-order valence-electron chi connectivity index (χ3n) is 6.75. The van der Waals surface area contributed by atoms with Crippen LogP contribution in [0.1, 0.15) is 44.9 Å². The molecule has 3 heterocycles. The van der Waals surface area contributed by atoms with Crippen molar-refractivity contribution in [1.82, 2.24) is 20.0 Å². The number of benzene rings is 1. The molecule has 9 heteroatoms. The molecule has 2 aliphatic rings. The van der Waals surface area contributed by atoms with Crippen LogP contribution in [0, 0.1) is 0 Å². The molecular formula is C24H36N6O3. The van der Waals surface area contributed by atoms with Gasteiger partial charge >= 0.3 is 6.03 Å². The maximum Gasteiger partial charge on any atom is 0.329 e. The molecule has 2 saturated heterocycles. The van der Waals surface area contributed by atoms with Crippen molar-refractivity contribution in [3.63, 3.8) is 0 Å². The average Bonchev–Trinajstić information content (AvgIpc) is 3.14. The van der Waals surface area contributed by atoms with Gasteiger partial charge in [0.1, 0.15) is 0 Å². The topological polar surface area (TPSA) is 93.9 Å². The average molecular weight is 457 g/mol. The van der Waals surface area contributed by atoms with E-state index in [0.29, 0.717) is 19.0 Å². The number of hydrogen-bond acceptors (Lipinski definition) is 6. The summed E-state index contributed by atoms with van der Waals surface area (Å²) in [4.78, 5) is 30.3. The van der Waals surface area contributed by atoms with E-state index in [1.54, 1.807) is 4.90 Å². The lowest BCUT2D eigenvalue weighted by atomic mass is 10.1. The number of piperazine rings is 1. The zero-order valence-electron chi connectivity index (χ0n) is 19.6. The van der Waals surface area contributed by atoms with Crippen LogP contribution in [0.4, 0.5) is 16.3 Å². The van der Waals surface area contributed by atoms with Crippen LogP contribution < -0.4 is 15.1 Å². The molecule has 0 unspecified atom stereocenters. The quantitative estimate of drug-likeness (QED) is 0.534. The number of hydrogen-bond donors (Lipinski definition) is 2. The second kappa shape index (κ2) is 11.0. The summed E-state index contributed by atoms with van der Waals surface area (Å²) in [5, 5.41) is 16.7. The summed E-state index contributed by atoms with van der Waals surface area (Å²) < 4.78 is 1.81. The molecule has 33 heavy (non-hydrogen) atoms. The second-order valence-corrected chi connectivity index (χ2v) is 9.08. The van der Waals surface area contributed by atoms with Crippen molar-refractivity contribution in [1.29, 1.82) is 0 Å². The van der Waals surface area contributed by atoms with Crippen LogP contribution in [-0.2, 0) is 11.8 Å². The number of anilines is 2. The van der Waals surface area contributed by atoms with Gasteiger partial charge in [0.2, 0.25) is 5.91 Å². The number of carbonyl (C=O) groups excluding carboxylic acids is 2. The van der Waals surface area contributed by atoms with Crippen LogP contribution in [0.15, 0.2) is 18.2 Å². The van der Waals surface area contributed by atoms with Crippen molar-refractivity contribution in [3.05, 3.63) is 18.2 Å². The molecule has 4 rings (SSSR count). The van der Waals surface area contributed by atoms with E-state index in [1.807, 2.05) is 17.8 Å². The molecule has 0 bridgehead atoms. The van der Waals surface area contributed by atoms with E-state index in [2.05, 4.69) is 32.3 Å². The van der Waals surface area contributed by atoms with Gasteiger partial charge in [0, 0.05) is 63.9 Å². The summed E-state index contributed by atoms with van der Waals surface area (Å²) >= 11 is 0. The first kappa shape index (κ1) is 23.5. The van der Waals surface area contributed by atoms with Gasteiger partial charge in [-0.05, 0) is 37.6 Å². The lowest BCUT2D eigenvalue weighted by molar-refractivity contribution is -0.120. The van der Waals surface area contributed by atoms with E-state index < -0.39 is 6.03 Å². The summed E-state index contributed by atoms with van der Waals surface area (Å²) in [6.07, 6.45) is 7.38. The van der Waals surface area contributed by atoms with Gasteiger partial charge in [0.15, 0.2) is 5.82 Å². The van der Waals surface area contributed by atoms with Crippen LogP contribution in [0.25, 0.3) is 10.9 Å². The molecule has 0 aliphatic carbocycles. The fraction of sp³-hybridized carbons (Fsp3) is 0.625. The normalized spacial score (nSPS) is 17.8. The van der Waals surface area contributed by atoms with Crippen molar-refractivity contribution in [3.8, 4) is 0 Å². The Kier molecular flexibility index (Phi) is 7.82. The zero-order valence-corrected chi connectivity index (χ0v) is 19.6. The molecule has 0 spiro atoms. The Labute approximate surface area is 195 Å². The highest BCUT2D eigenvalue weighted by atomic mass is 16.3. The molecule has 1 aromatic carbocycles. The minimum absolute atomic E-state index is 0.240. The number of amides is 3. The van der Waals surface area contributed by atoms with Crippen LogP contribution >= 0.6 is 0 Å². The van der Waals surface area contributed by atoms with Gasteiger partial charge in [-0.1, -0.05) is 25.7 Å². The highest BCUT2D eigenvalue weighted by Gasteiger charge is 2.28. The minimum Gasteiger partial charge on any atom is -0.396 e. The van der Waals surface area contributed by atoms with E-state index in [9.17, 15) is 9.59 Å². The van der Waals surface area contributed by atoms with Crippen LogP contribution in [-0.4, -0.2) is 77.6 Å². The number of fused-ring (bicyclic) bond motifs is 1. The molecule has 9 nitrogen and oxygen atoms in total. The Hall–Kier alpha value is -2.65. The molecule has 180 valence electrons. The summed E-state index contributed by atoms with van der Waals surface area (Å²) in [6.45, 7) is 5.98. The summed E-state index contributed by atoms with van der Waals surface area (Å²) in [5.74, 6) is 0.362. The van der Waals surface area contributed by atoms with Gasteiger partial charge in [0.25, 0.3) is 0 Å². The predicted molar refractivity (Wildman–Crippen MR) is 130 cm³/mol. The standard InChI is InChI=1S/C24H36N6O3/c1-27-21-18-19(8-9-20(21)23(26-27)30-12-10-22(32)25-24(30)33)29-15-13-28(14-16-29)11-6-4-2-3-5-7-17-31/h8-9,18,31H,2-7,10-17H2,1H3,(H,25,32,33). The van der Waals surface area contributed by atoms with Gasteiger partial charge in [0.05, 0.1) is 5.52 Å². The predicted octanol–water partition coefficient (Wildman–Crippen LogP) is 2.47. The van der Waals surface area contributed by atoms with Gasteiger partial charge in [-0.25, -0.2) is 4.79 Å². The van der Waals surface area contributed by atoms with Crippen molar-refractivity contribution >= 4 is 34.3 Å². The summed E-state index contributed by atoms with van der Waals surface area (Å²) in [6, 6.07) is 5.90. The smallest absolute Gasteiger partial charge is 0.329 e. The Balaban J connectivity index is 1.31. The Morgan fingerprint density at radius 2 is 1.70 bits per heavy atom. The van der Waals surface area contributed by atoms with Crippen LogP contribution in [0.5, 0.6) is 0 Å². The van der Waals surface area contributed by atoms with Crippen molar-refractivity contribution in [2.24, 2.45) is 7.05 Å². The maximum atomic E-state index is 12.3. The molecule has 0 atom stereocenters. The number of aryl methyl sites for hydroxylation is 1. The number of aliphatic hydroxyl groups is 1. The van der Waals surface area contributed by atoms with Crippen molar-refractivity contribution in [2.45, 2.75) is 44.9 Å². The second-order valence-electron chi connectivity index (χ2n) is 9.08. The molecule has 2 N–H and O–H groups in total. The van der Waals surface area contributed by atoms with Crippen molar-refractivity contribution in [2.75, 3.05) is 55.7 Å². The number of urea groups is 1. The van der Waals surface area contributed by atoms with Crippen LogP contribution in [0.3, 0.4) is 0 Å². The SMILES string of the molecule is Cn1nc(N2CCC(=O)NC2=O)c2ccc(N3CCN(CCCCCCCCO)CC3)cc21. The number of imide groups is 1. The largest absolute Gasteiger partial charge is 0.396 e. The summed E-state index contributed by atoms with van der Waals surface area (Å²) in [7, 11) is 1.89. The fourth-order valence-electron chi connectivity index (χ4n) is 4.77. The number of unbranched alkanes of at least 4 members (excludes halogenated alkanes) is 5. The highest BCUT2D eigenvalue weighted by molar-refractivity contribution is 6.09. The van der Waals surface area contributed by atoms with Gasteiger partial charge in [-0.3, -0.25) is 24.6 Å². The van der Waals surface area contributed by atoms with E-state index in [1.165, 1.54) is 37.9 Å². The highest BCUT2D eigenvalue weighted by Crippen LogP contribution is 2.30. The van der Waals surface area contributed by atoms with Gasteiger partial charge < -0.3 is 10.0 Å². The minimum atomic E-state index is -0.406. The first-order valence-corrected chi connectivity index (χ1v) is 12.2. The fourth-order valence-corrected chi connectivity index (χ4v) is 4.77. The zero-order chi connectivity index (χ0) is 23.2. The molecule has 3 amide bonds. The van der Waals surface area contributed by atoms with E-state index in [0.717, 1.165) is 49.9 Å². The maximum absolute atomic E-state index is 12.3. The Bertz CT molecular complexity index is 967. The van der Waals surface area contributed by atoms with E-state index in [-0.39, 0.29) is 12.3 Å². The lowest BCUT2D eigenvalue weighted by Crippen LogP contribution is -2.49. The molecular weight excluding hydrogens is 420 g/mol. The monoisotopic (exact) mass is 456 g/mol. The van der Waals surface area contributed by atoms with Crippen LogP contribution in [0.2, 0.25) is 0 Å². The number of carbonyl (C=O) groups is 2. The third kappa shape index (κ3) is 5.65. The number of aromatic nitrogens is 2. The third-order valence-corrected chi connectivity index (χ3v) is 6.75. The number of aliphatic hydroxyl groups excluding tert-OH is 1. The number of nitrogens with zero attached hydrogens (tertiary/aromatic N) is 5. The molecule has 2 aliphatic heterocycles. The first-order chi connectivity index (χ1) is 16.1. The number of nitrogens with one attached hydrogen (secondary N) is 1.